The van der Waals surface area contributed by atoms with Gasteiger partial charge in [0.05, 0.1) is 7.11 Å². The second kappa shape index (κ2) is 13.3. The summed E-state index contributed by atoms with van der Waals surface area (Å²) in [6, 6.07) is 13.9. The van der Waals surface area contributed by atoms with Gasteiger partial charge in [-0.15, -0.1) is 0 Å². The topological polar surface area (TPSA) is 86.3 Å². The Morgan fingerprint density at radius 1 is 1.05 bits per heavy atom. The van der Waals surface area contributed by atoms with Gasteiger partial charge in [0, 0.05) is 25.8 Å². The number of hydrogen-bond acceptors (Lipinski definition) is 6. The number of para-hydroxylation sites is 2. The highest BCUT2D eigenvalue weighted by molar-refractivity contribution is 5.91. The quantitative estimate of drug-likeness (QED) is 0.454. The van der Waals surface area contributed by atoms with Gasteiger partial charge in [-0.1, -0.05) is 43.5 Å². The Balaban J connectivity index is 1.62. The molecular formula is C29H38N2O6. The Morgan fingerprint density at radius 2 is 1.78 bits per heavy atom. The summed E-state index contributed by atoms with van der Waals surface area (Å²) < 4.78 is 22.8. The van der Waals surface area contributed by atoms with Gasteiger partial charge in [0.25, 0.3) is 5.91 Å². The van der Waals surface area contributed by atoms with E-state index in [1.54, 1.807) is 18.1 Å². The molecule has 2 atom stereocenters. The van der Waals surface area contributed by atoms with Crippen LogP contribution in [-0.2, 0) is 14.3 Å². The van der Waals surface area contributed by atoms with Crippen molar-refractivity contribution in [1.29, 1.82) is 0 Å². The summed E-state index contributed by atoms with van der Waals surface area (Å²) in [4.78, 5) is 29.5. The number of carbonyl (C=O) groups excluding carboxylic acids is 2. The molecule has 0 bridgehead atoms. The fraction of sp³-hybridized carbons (Fsp3) is 0.517. The third kappa shape index (κ3) is 6.95. The fourth-order valence-electron chi connectivity index (χ4n) is 4.96. The van der Waals surface area contributed by atoms with Gasteiger partial charge < -0.3 is 29.2 Å². The average molecular weight is 511 g/mol. The van der Waals surface area contributed by atoms with Crippen LogP contribution < -0.4 is 19.5 Å². The number of amides is 2. The molecule has 8 heteroatoms. The first kappa shape index (κ1) is 26.8. The van der Waals surface area contributed by atoms with Gasteiger partial charge in [0.15, 0.2) is 11.5 Å². The minimum absolute atomic E-state index is 0.0807. The number of hydrogen-bond donors (Lipinski definition) is 1. The van der Waals surface area contributed by atoms with Crippen LogP contribution in [0.3, 0.4) is 0 Å². The molecule has 0 unspecified atom stereocenters. The van der Waals surface area contributed by atoms with E-state index in [1.807, 2.05) is 49.4 Å². The molecule has 1 N–H and O–H groups in total. The first-order chi connectivity index (χ1) is 18.1. The van der Waals surface area contributed by atoms with Gasteiger partial charge in [-0.2, -0.15) is 0 Å². The zero-order valence-corrected chi connectivity index (χ0v) is 21.8. The van der Waals surface area contributed by atoms with Crippen LogP contribution in [0.2, 0.25) is 0 Å². The SMILES string of the molecule is CCOCCCN(C(=O)[C@@H]1COc2ccccc2O1)[C@@H](C(=O)NC1CCCCC1)c1ccc(OC)cc1. The monoisotopic (exact) mass is 510 g/mol. The molecule has 4 rings (SSSR count). The Labute approximate surface area is 219 Å². The Kier molecular flexibility index (Phi) is 9.65. The number of methoxy groups -OCH3 is 1. The molecule has 1 fully saturated rings. The summed E-state index contributed by atoms with van der Waals surface area (Å²) >= 11 is 0. The molecule has 0 spiro atoms. The summed E-state index contributed by atoms with van der Waals surface area (Å²) in [5.74, 6) is 1.35. The highest BCUT2D eigenvalue weighted by atomic mass is 16.6. The van der Waals surface area contributed by atoms with Crippen molar-refractivity contribution < 1.29 is 28.5 Å². The molecule has 2 aromatic carbocycles. The first-order valence-electron chi connectivity index (χ1n) is 13.3. The molecule has 1 heterocycles. The lowest BCUT2D eigenvalue weighted by molar-refractivity contribution is -0.149. The normalized spacial score (nSPS) is 18.1. The maximum absolute atomic E-state index is 14.0. The zero-order valence-electron chi connectivity index (χ0n) is 21.8. The largest absolute Gasteiger partial charge is 0.497 e. The van der Waals surface area contributed by atoms with Crippen LogP contribution in [0.25, 0.3) is 0 Å². The molecule has 0 aromatic heterocycles. The Bertz CT molecular complexity index is 1020. The predicted molar refractivity (Wildman–Crippen MR) is 140 cm³/mol. The number of benzene rings is 2. The minimum Gasteiger partial charge on any atom is -0.497 e. The Morgan fingerprint density at radius 3 is 2.49 bits per heavy atom. The summed E-state index contributed by atoms with van der Waals surface area (Å²) in [5.41, 5.74) is 0.719. The van der Waals surface area contributed by atoms with E-state index in [0.717, 1.165) is 31.2 Å². The number of ether oxygens (including phenoxy) is 4. The molecule has 1 saturated carbocycles. The van der Waals surface area contributed by atoms with E-state index in [1.165, 1.54) is 6.42 Å². The predicted octanol–water partition coefficient (Wildman–Crippen LogP) is 4.28. The smallest absolute Gasteiger partial charge is 0.268 e. The number of nitrogens with one attached hydrogen (secondary N) is 1. The molecule has 0 saturated heterocycles. The fourth-order valence-corrected chi connectivity index (χ4v) is 4.96. The van der Waals surface area contributed by atoms with Crippen molar-refractivity contribution in [2.75, 3.05) is 33.5 Å². The van der Waals surface area contributed by atoms with Crippen molar-refractivity contribution >= 4 is 11.8 Å². The zero-order chi connectivity index (χ0) is 26.0. The summed E-state index contributed by atoms with van der Waals surface area (Å²) in [6.45, 7) is 3.44. The van der Waals surface area contributed by atoms with Crippen molar-refractivity contribution in [3.8, 4) is 17.2 Å². The van der Waals surface area contributed by atoms with E-state index in [-0.39, 0.29) is 24.5 Å². The van der Waals surface area contributed by atoms with Crippen LogP contribution in [-0.4, -0.2) is 62.3 Å². The molecule has 2 aromatic rings. The molecule has 0 radical (unpaired) electrons. The van der Waals surface area contributed by atoms with Crippen LogP contribution in [0.5, 0.6) is 17.2 Å². The number of fused-ring (bicyclic) bond motifs is 1. The molecule has 1 aliphatic heterocycles. The summed E-state index contributed by atoms with van der Waals surface area (Å²) in [6.07, 6.45) is 5.03. The average Bonchev–Trinajstić information content (AvgIpc) is 2.94. The van der Waals surface area contributed by atoms with Crippen LogP contribution >= 0.6 is 0 Å². The van der Waals surface area contributed by atoms with Crippen molar-refractivity contribution in [2.45, 2.75) is 63.6 Å². The van der Waals surface area contributed by atoms with Gasteiger partial charge in [0.2, 0.25) is 12.0 Å². The van der Waals surface area contributed by atoms with Gasteiger partial charge in [-0.3, -0.25) is 9.59 Å². The number of rotatable bonds is 11. The second-order valence-electron chi connectivity index (χ2n) is 9.47. The van der Waals surface area contributed by atoms with Crippen molar-refractivity contribution in [1.82, 2.24) is 10.2 Å². The van der Waals surface area contributed by atoms with E-state index in [0.29, 0.717) is 43.4 Å². The standard InChI is InChI=1S/C29H38N2O6/c1-3-35-19-9-18-31(29(33)26-20-36-24-12-7-8-13-25(24)37-26)27(21-14-16-23(34-2)17-15-21)28(32)30-22-10-5-4-6-11-22/h7-8,12-17,22,26-27H,3-6,9-11,18-20H2,1-2H3,(H,30,32)/t26-,27+/m0/s1. The maximum Gasteiger partial charge on any atom is 0.268 e. The molecular weight excluding hydrogens is 472 g/mol. The molecule has 2 amide bonds. The van der Waals surface area contributed by atoms with E-state index in [4.69, 9.17) is 18.9 Å². The second-order valence-corrected chi connectivity index (χ2v) is 9.47. The van der Waals surface area contributed by atoms with Gasteiger partial charge in [-0.25, -0.2) is 0 Å². The Hall–Kier alpha value is -3.26. The molecule has 8 nitrogen and oxygen atoms in total. The molecule has 2 aliphatic rings. The third-order valence-electron chi connectivity index (χ3n) is 6.90. The van der Waals surface area contributed by atoms with Gasteiger partial charge in [-0.05, 0) is 56.0 Å². The van der Waals surface area contributed by atoms with Gasteiger partial charge >= 0.3 is 0 Å². The lowest BCUT2D eigenvalue weighted by Gasteiger charge is -2.36. The summed E-state index contributed by atoms with van der Waals surface area (Å²) in [7, 11) is 1.60. The first-order valence-corrected chi connectivity index (χ1v) is 13.3. The van der Waals surface area contributed by atoms with Crippen molar-refractivity contribution in [3.63, 3.8) is 0 Å². The molecule has 1 aliphatic carbocycles. The lowest BCUT2D eigenvalue weighted by atomic mass is 9.94. The highest BCUT2D eigenvalue weighted by Crippen LogP contribution is 2.33. The van der Waals surface area contributed by atoms with Crippen molar-refractivity contribution in [3.05, 3.63) is 54.1 Å². The van der Waals surface area contributed by atoms with Crippen LogP contribution in [0.4, 0.5) is 0 Å². The molecule has 200 valence electrons. The van der Waals surface area contributed by atoms with Gasteiger partial charge in [0.1, 0.15) is 18.4 Å². The minimum atomic E-state index is -0.856. The van der Waals surface area contributed by atoms with Crippen LogP contribution in [0.1, 0.15) is 57.1 Å². The third-order valence-corrected chi connectivity index (χ3v) is 6.90. The number of carbonyl (C=O) groups is 2. The number of nitrogens with zero attached hydrogens (tertiary/aromatic N) is 1. The van der Waals surface area contributed by atoms with Crippen molar-refractivity contribution in [2.24, 2.45) is 0 Å². The van der Waals surface area contributed by atoms with E-state index in [2.05, 4.69) is 5.32 Å². The molecule has 37 heavy (non-hydrogen) atoms. The van der Waals surface area contributed by atoms with Crippen LogP contribution in [0, 0.1) is 0 Å². The maximum atomic E-state index is 14.0. The summed E-state index contributed by atoms with van der Waals surface area (Å²) in [5, 5.41) is 3.23. The van der Waals surface area contributed by atoms with Crippen LogP contribution in [0.15, 0.2) is 48.5 Å². The van der Waals surface area contributed by atoms with E-state index >= 15 is 0 Å². The highest BCUT2D eigenvalue weighted by Gasteiger charge is 2.38. The van der Waals surface area contributed by atoms with E-state index in [9.17, 15) is 9.59 Å². The van der Waals surface area contributed by atoms with E-state index < -0.39 is 12.1 Å². The lowest BCUT2D eigenvalue weighted by Crippen LogP contribution is -2.52.